The van der Waals surface area contributed by atoms with E-state index >= 15 is 0 Å². The number of pyridine rings is 1. The number of carbonyl (C=O) groups is 2. The zero-order valence-corrected chi connectivity index (χ0v) is 23.1. The van der Waals surface area contributed by atoms with Gasteiger partial charge in [-0.15, -0.1) is 11.3 Å². The molecule has 2 amide bonds. The first-order chi connectivity index (χ1) is 18.1. The molecule has 0 aliphatic carbocycles. The van der Waals surface area contributed by atoms with Gasteiger partial charge in [-0.2, -0.15) is 0 Å². The molecule has 38 heavy (non-hydrogen) atoms. The minimum atomic E-state index is -3.52. The van der Waals surface area contributed by atoms with Crippen molar-refractivity contribution in [2.45, 2.75) is 38.3 Å². The number of ether oxygens (including phenoxy) is 1. The van der Waals surface area contributed by atoms with Crippen LogP contribution in [0.3, 0.4) is 0 Å². The fourth-order valence-corrected chi connectivity index (χ4v) is 6.33. The Bertz CT molecular complexity index is 1500. The van der Waals surface area contributed by atoms with Gasteiger partial charge in [0.25, 0.3) is 11.8 Å². The molecule has 0 saturated heterocycles. The van der Waals surface area contributed by atoms with Crippen LogP contribution in [0.15, 0.2) is 17.5 Å². The Morgan fingerprint density at radius 2 is 2.00 bits per heavy atom. The molecule has 5 rings (SSSR count). The van der Waals surface area contributed by atoms with Gasteiger partial charge in [0.05, 0.1) is 17.6 Å². The summed E-state index contributed by atoms with van der Waals surface area (Å²) in [6.07, 6.45) is 4.58. The molecule has 1 unspecified atom stereocenters. The quantitative estimate of drug-likeness (QED) is 0.404. The predicted molar refractivity (Wildman–Crippen MR) is 141 cm³/mol. The van der Waals surface area contributed by atoms with E-state index in [0.29, 0.717) is 23.7 Å². The fraction of sp³-hybridized carbons (Fsp3) is 0.435. The Balaban J connectivity index is 1.42. The van der Waals surface area contributed by atoms with Crippen LogP contribution in [0.5, 0.6) is 5.75 Å². The summed E-state index contributed by atoms with van der Waals surface area (Å²) in [6.45, 7) is 0.907. The lowest BCUT2D eigenvalue weighted by molar-refractivity contribution is -0.135. The second kappa shape index (κ2) is 10.5. The monoisotopic (exact) mass is 579 g/mol. The number of amides is 2. The van der Waals surface area contributed by atoms with E-state index in [9.17, 15) is 18.0 Å². The van der Waals surface area contributed by atoms with Gasteiger partial charge in [-0.25, -0.2) is 23.4 Å². The second-order valence-corrected chi connectivity index (χ2v) is 12.0. The van der Waals surface area contributed by atoms with E-state index < -0.39 is 16.1 Å². The fourth-order valence-electron chi connectivity index (χ4n) is 4.72. The number of thiazole rings is 1. The molecule has 0 aromatic carbocycles. The van der Waals surface area contributed by atoms with Crippen molar-refractivity contribution in [2.75, 3.05) is 31.2 Å². The molecule has 3 aromatic heterocycles. The second-order valence-electron chi connectivity index (χ2n) is 9.01. The van der Waals surface area contributed by atoms with Crippen molar-refractivity contribution in [3.05, 3.63) is 50.6 Å². The maximum Gasteiger partial charge on any atom is 0.270 e. The van der Waals surface area contributed by atoms with Crippen LogP contribution in [0.1, 0.15) is 51.6 Å². The highest BCUT2D eigenvalue weighted by Crippen LogP contribution is 2.38. The number of nitrogens with zero attached hydrogens (tertiary/aromatic N) is 5. The van der Waals surface area contributed by atoms with Gasteiger partial charge in [-0.3, -0.25) is 14.3 Å². The van der Waals surface area contributed by atoms with Crippen LogP contribution in [0.25, 0.3) is 0 Å². The number of fused-ring (bicyclic) bond motifs is 3. The first-order valence-electron chi connectivity index (χ1n) is 12.0. The summed E-state index contributed by atoms with van der Waals surface area (Å²) in [5.41, 5.74) is 2.19. The zero-order chi connectivity index (χ0) is 27.0. The number of hydrogen-bond acceptors (Lipinski definition) is 9. The number of aryl methyl sites for hydroxylation is 1. The van der Waals surface area contributed by atoms with Crippen molar-refractivity contribution in [2.24, 2.45) is 0 Å². The highest BCUT2D eigenvalue weighted by molar-refractivity contribution is 7.92. The third kappa shape index (κ3) is 5.33. The predicted octanol–water partition coefficient (Wildman–Crippen LogP) is 2.01. The minimum absolute atomic E-state index is 0.0426. The van der Waals surface area contributed by atoms with Crippen LogP contribution in [0, 0.1) is 0 Å². The number of halogens is 1. The molecule has 15 heteroatoms. The topological polar surface area (TPSA) is 148 Å². The summed E-state index contributed by atoms with van der Waals surface area (Å²) in [5.74, 6) is 0.613. The minimum Gasteiger partial charge on any atom is -0.481 e. The van der Waals surface area contributed by atoms with E-state index in [2.05, 4.69) is 24.6 Å². The third-order valence-electron chi connectivity index (χ3n) is 6.35. The van der Waals surface area contributed by atoms with Crippen molar-refractivity contribution in [3.63, 3.8) is 0 Å². The smallest absolute Gasteiger partial charge is 0.270 e. The van der Waals surface area contributed by atoms with Crippen LogP contribution >= 0.6 is 22.9 Å². The number of imidazole rings is 1. The van der Waals surface area contributed by atoms with Crippen LogP contribution in [-0.4, -0.2) is 71.1 Å². The molecule has 0 bridgehead atoms. The molecule has 2 N–H and O–H groups in total. The number of rotatable bonds is 7. The molecule has 0 spiro atoms. The molecular weight excluding hydrogens is 554 g/mol. The summed E-state index contributed by atoms with van der Waals surface area (Å²) in [6, 6.07) is 2.34. The van der Waals surface area contributed by atoms with Gasteiger partial charge in [0.2, 0.25) is 10.0 Å². The molecular formula is C23H26ClN7O5S2. The Labute approximate surface area is 228 Å². The average Bonchev–Trinajstić information content (AvgIpc) is 3.51. The lowest BCUT2D eigenvalue weighted by Gasteiger charge is -2.35. The summed E-state index contributed by atoms with van der Waals surface area (Å²) in [7, 11) is -1.98. The van der Waals surface area contributed by atoms with E-state index in [1.165, 1.54) is 23.5 Å². The van der Waals surface area contributed by atoms with E-state index in [0.717, 1.165) is 49.3 Å². The Hall–Kier alpha value is -3.23. The van der Waals surface area contributed by atoms with E-state index in [1.54, 1.807) is 17.3 Å². The van der Waals surface area contributed by atoms with Crippen molar-refractivity contribution >= 4 is 50.6 Å². The van der Waals surface area contributed by atoms with Gasteiger partial charge in [0.1, 0.15) is 28.4 Å². The van der Waals surface area contributed by atoms with Crippen LogP contribution in [0.2, 0.25) is 5.15 Å². The number of hydrogen-bond donors (Lipinski definition) is 2. The van der Waals surface area contributed by atoms with Gasteiger partial charge in [-0.05, 0) is 25.0 Å². The molecule has 3 aromatic rings. The molecule has 5 heterocycles. The molecule has 2 aliphatic heterocycles. The molecule has 1 atom stereocenters. The number of nitrogens with one attached hydrogen (secondary N) is 2. The first-order valence-corrected chi connectivity index (χ1v) is 15.1. The molecule has 202 valence electrons. The third-order valence-corrected chi connectivity index (χ3v) is 8.09. The Morgan fingerprint density at radius 3 is 2.74 bits per heavy atom. The molecule has 0 fully saturated rings. The summed E-state index contributed by atoms with van der Waals surface area (Å²) < 4.78 is 33.0. The van der Waals surface area contributed by atoms with Crippen LogP contribution < -0.4 is 14.8 Å². The molecule has 0 saturated carbocycles. The van der Waals surface area contributed by atoms with Gasteiger partial charge in [-0.1, -0.05) is 11.6 Å². The maximum atomic E-state index is 13.5. The molecule has 12 nitrogen and oxygen atoms in total. The summed E-state index contributed by atoms with van der Waals surface area (Å²) in [4.78, 5) is 40.9. The van der Waals surface area contributed by atoms with Gasteiger partial charge < -0.3 is 19.5 Å². The summed E-state index contributed by atoms with van der Waals surface area (Å²) in [5, 5.41) is 4.82. The van der Waals surface area contributed by atoms with Crippen molar-refractivity contribution in [3.8, 4) is 5.75 Å². The first kappa shape index (κ1) is 26.4. The SMILES string of the molecule is CNC(=O)c1csc(C2c3c(nc4n3CCCC4)CCN2C(=O)COc2ccc(NS(C)(=O)=O)nc2Cl)n1. The standard InChI is InChI=1S/C23H26ClN7O5S2/c1-25-22(33)14-12-37-23(27-14)20-19-13(26-17-5-3-4-9-30(17)19)8-10-31(20)18(32)11-36-15-6-7-16(28-21(15)24)29-38(2,34)35/h6-7,12,20H,3-5,8-11H2,1-2H3,(H,25,33)(H,28,29). The number of sulfonamides is 1. The van der Waals surface area contributed by atoms with E-state index in [-0.39, 0.29) is 35.1 Å². The average molecular weight is 580 g/mol. The highest BCUT2D eigenvalue weighted by Gasteiger charge is 2.39. The van der Waals surface area contributed by atoms with Gasteiger partial charge >= 0.3 is 0 Å². The van der Waals surface area contributed by atoms with E-state index in [1.807, 2.05) is 0 Å². The van der Waals surface area contributed by atoms with Crippen LogP contribution in [0.4, 0.5) is 5.82 Å². The maximum absolute atomic E-state index is 13.5. The molecule has 2 aliphatic rings. The number of carbonyl (C=O) groups excluding carboxylic acids is 2. The molecule has 0 radical (unpaired) electrons. The Kier molecular flexibility index (Phi) is 7.29. The normalized spacial score (nSPS) is 16.9. The zero-order valence-electron chi connectivity index (χ0n) is 20.7. The van der Waals surface area contributed by atoms with Crippen molar-refractivity contribution < 1.29 is 22.7 Å². The lowest BCUT2D eigenvalue weighted by Crippen LogP contribution is -2.43. The van der Waals surface area contributed by atoms with Crippen molar-refractivity contribution in [1.29, 1.82) is 0 Å². The van der Waals surface area contributed by atoms with Crippen molar-refractivity contribution in [1.82, 2.24) is 29.7 Å². The van der Waals surface area contributed by atoms with Crippen LogP contribution in [-0.2, 0) is 34.2 Å². The van der Waals surface area contributed by atoms with Gasteiger partial charge in [0.15, 0.2) is 17.5 Å². The van der Waals surface area contributed by atoms with Gasteiger partial charge in [0, 0.05) is 38.4 Å². The Morgan fingerprint density at radius 1 is 1.18 bits per heavy atom. The summed E-state index contributed by atoms with van der Waals surface area (Å²) >= 11 is 7.50. The number of anilines is 1. The lowest BCUT2D eigenvalue weighted by atomic mass is 10.0. The van der Waals surface area contributed by atoms with E-state index in [4.69, 9.17) is 21.3 Å². The highest BCUT2D eigenvalue weighted by atomic mass is 35.5. The largest absolute Gasteiger partial charge is 0.481 e. The number of aromatic nitrogens is 4.